The number of imidazole rings is 1. The third-order valence-corrected chi connectivity index (χ3v) is 8.31. The van der Waals surface area contributed by atoms with Gasteiger partial charge in [-0.2, -0.15) is 5.10 Å². The van der Waals surface area contributed by atoms with Crippen LogP contribution in [0.4, 0.5) is 0 Å². The molecule has 0 radical (unpaired) electrons. The predicted octanol–water partition coefficient (Wildman–Crippen LogP) is 7.24. The van der Waals surface area contributed by atoms with E-state index in [1.165, 1.54) is 0 Å². The van der Waals surface area contributed by atoms with E-state index in [2.05, 4.69) is 41.4 Å². The Morgan fingerprint density at radius 3 is 1.84 bits per heavy atom. The van der Waals surface area contributed by atoms with Gasteiger partial charge in [0.25, 0.3) is 0 Å². The fraction of sp³-hybridized carbons (Fsp3) is 0.108. The van der Waals surface area contributed by atoms with Crippen LogP contribution in [-0.4, -0.2) is 29.4 Å². The molecule has 0 saturated heterocycles. The van der Waals surface area contributed by atoms with Gasteiger partial charge in [0, 0.05) is 6.07 Å². The van der Waals surface area contributed by atoms with Crippen molar-refractivity contribution in [1.29, 1.82) is 0 Å². The first kappa shape index (κ1) is 28.5. The molecule has 1 N–H and O–H groups in total. The zero-order chi connectivity index (χ0) is 30.6. The molecule has 7 nitrogen and oxygen atoms in total. The molecule has 7 aromatic rings. The van der Waals surface area contributed by atoms with Gasteiger partial charge in [0.2, 0.25) is 0 Å². The number of rotatable bonds is 10. The molecule has 0 unspecified atom stereocenters. The van der Waals surface area contributed by atoms with Crippen molar-refractivity contribution in [2.75, 3.05) is 0 Å². The van der Waals surface area contributed by atoms with E-state index in [4.69, 9.17) is 26.4 Å². The number of hydrogen-bond acceptors (Lipinski definition) is 5. The van der Waals surface area contributed by atoms with Crippen molar-refractivity contribution in [2.24, 2.45) is 0 Å². The Morgan fingerprint density at radius 2 is 1.29 bits per heavy atom. The first-order valence-corrected chi connectivity index (χ1v) is 15.1. The topological polar surface area (TPSA) is 78.0 Å². The van der Waals surface area contributed by atoms with E-state index in [0.29, 0.717) is 34.5 Å². The summed E-state index contributed by atoms with van der Waals surface area (Å²) in [5.41, 5.74) is 4.84. The van der Waals surface area contributed by atoms with Crippen molar-refractivity contribution in [3.05, 3.63) is 179 Å². The average Bonchev–Trinajstić information content (AvgIpc) is 3.70. The van der Waals surface area contributed by atoms with Gasteiger partial charge in [-0.25, -0.2) is 14.6 Å². The summed E-state index contributed by atoms with van der Waals surface area (Å²) in [6, 6.07) is 44.6. The minimum Gasteiger partial charge on any atom is -0.487 e. The van der Waals surface area contributed by atoms with E-state index >= 15 is 0 Å². The maximum Gasteiger partial charge on any atom is 0.170 e. The normalized spacial score (nSPS) is 11.6. The van der Waals surface area contributed by atoms with Gasteiger partial charge in [0.05, 0.1) is 22.6 Å². The Hall–Kier alpha value is -5.24. The molecule has 0 aliphatic rings. The molecule has 0 spiro atoms. The SMILES string of the molecule is OCc1nc2cc(Cl)c(OCc3ccccc3)cc2n1Cc1ncn(C(c2ccccc2)(c2ccccc2)c2ccccc2)n1. The number of aliphatic hydroxyl groups excluding tert-OH is 1. The summed E-state index contributed by atoms with van der Waals surface area (Å²) in [5.74, 6) is 1.59. The fourth-order valence-electron chi connectivity index (χ4n) is 5.93. The number of hydrogen-bond donors (Lipinski definition) is 1. The van der Waals surface area contributed by atoms with Gasteiger partial charge < -0.3 is 14.4 Å². The fourth-order valence-corrected chi connectivity index (χ4v) is 6.14. The summed E-state index contributed by atoms with van der Waals surface area (Å²) >= 11 is 6.60. The molecule has 0 amide bonds. The van der Waals surface area contributed by atoms with Gasteiger partial charge in [0.1, 0.15) is 36.7 Å². The molecule has 0 fully saturated rings. The summed E-state index contributed by atoms with van der Waals surface area (Å²) < 4.78 is 9.95. The molecule has 2 heterocycles. The minimum atomic E-state index is -0.780. The Labute approximate surface area is 266 Å². The molecule has 222 valence electrons. The lowest BCUT2D eigenvalue weighted by Crippen LogP contribution is -2.38. The van der Waals surface area contributed by atoms with E-state index in [9.17, 15) is 5.11 Å². The van der Waals surface area contributed by atoms with Crippen LogP contribution in [0.5, 0.6) is 5.75 Å². The highest BCUT2D eigenvalue weighted by Crippen LogP contribution is 2.40. The molecule has 0 aliphatic heterocycles. The molecule has 7 rings (SSSR count). The lowest BCUT2D eigenvalue weighted by molar-refractivity contribution is 0.266. The molecule has 0 saturated carbocycles. The maximum absolute atomic E-state index is 10.3. The molecular formula is C37H30ClN5O2. The number of ether oxygens (including phenoxy) is 1. The number of fused-ring (bicyclic) bond motifs is 1. The van der Waals surface area contributed by atoms with Crippen molar-refractivity contribution < 1.29 is 9.84 Å². The van der Waals surface area contributed by atoms with E-state index in [0.717, 1.165) is 27.8 Å². The van der Waals surface area contributed by atoms with Gasteiger partial charge in [-0.05, 0) is 28.3 Å². The summed E-state index contributed by atoms with van der Waals surface area (Å²) in [5, 5.41) is 15.8. The van der Waals surface area contributed by atoms with E-state index in [-0.39, 0.29) is 13.2 Å². The van der Waals surface area contributed by atoms with Crippen molar-refractivity contribution in [2.45, 2.75) is 25.3 Å². The lowest BCUT2D eigenvalue weighted by atomic mass is 9.77. The number of nitrogens with zero attached hydrogens (tertiary/aromatic N) is 5. The first-order valence-electron chi connectivity index (χ1n) is 14.7. The van der Waals surface area contributed by atoms with Crippen LogP contribution in [-0.2, 0) is 25.3 Å². The largest absolute Gasteiger partial charge is 0.487 e. The van der Waals surface area contributed by atoms with Gasteiger partial charge in [0.15, 0.2) is 5.82 Å². The predicted molar refractivity (Wildman–Crippen MR) is 175 cm³/mol. The summed E-state index contributed by atoms with van der Waals surface area (Å²) in [6.07, 6.45) is 1.78. The van der Waals surface area contributed by atoms with Crippen LogP contribution in [0, 0.1) is 0 Å². The number of aliphatic hydroxyl groups is 1. The van der Waals surface area contributed by atoms with Crippen molar-refractivity contribution >= 4 is 22.6 Å². The van der Waals surface area contributed by atoms with Gasteiger partial charge in [-0.3, -0.25) is 0 Å². The second-order valence-electron chi connectivity index (χ2n) is 10.7. The van der Waals surface area contributed by atoms with Crippen LogP contribution in [0.3, 0.4) is 0 Å². The second kappa shape index (κ2) is 12.4. The molecule has 2 aromatic heterocycles. The maximum atomic E-state index is 10.3. The van der Waals surface area contributed by atoms with Gasteiger partial charge in [-0.15, -0.1) is 0 Å². The zero-order valence-corrected chi connectivity index (χ0v) is 25.1. The molecular weight excluding hydrogens is 582 g/mol. The molecule has 45 heavy (non-hydrogen) atoms. The zero-order valence-electron chi connectivity index (χ0n) is 24.4. The van der Waals surface area contributed by atoms with Gasteiger partial charge >= 0.3 is 0 Å². The highest BCUT2D eigenvalue weighted by Gasteiger charge is 2.39. The second-order valence-corrected chi connectivity index (χ2v) is 11.1. The van der Waals surface area contributed by atoms with E-state index in [1.807, 2.05) is 100 Å². The Morgan fingerprint density at radius 1 is 0.733 bits per heavy atom. The first-order chi connectivity index (χ1) is 22.2. The lowest BCUT2D eigenvalue weighted by Gasteiger charge is -2.35. The van der Waals surface area contributed by atoms with Crippen molar-refractivity contribution in [3.63, 3.8) is 0 Å². The Bertz CT molecular complexity index is 1930. The minimum absolute atomic E-state index is 0.255. The van der Waals surface area contributed by atoms with E-state index < -0.39 is 5.54 Å². The average molecular weight is 612 g/mol. The van der Waals surface area contributed by atoms with Crippen LogP contribution in [0.15, 0.2) is 140 Å². The quantitative estimate of drug-likeness (QED) is 0.165. The summed E-state index contributed by atoms with van der Waals surface area (Å²) in [4.78, 5) is 9.45. The smallest absolute Gasteiger partial charge is 0.170 e. The summed E-state index contributed by atoms with van der Waals surface area (Å²) in [7, 11) is 0. The number of benzene rings is 5. The highest BCUT2D eigenvalue weighted by atomic mass is 35.5. The molecule has 5 aromatic carbocycles. The number of aromatic nitrogens is 5. The van der Waals surface area contributed by atoms with Crippen LogP contribution in [0.1, 0.15) is 33.9 Å². The highest BCUT2D eigenvalue weighted by molar-refractivity contribution is 6.32. The van der Waals surface area contributed by atoms with Gasteiger partial charge in [-0.1, -0.05) is 133 Å². The van der Waals surface area contributed by atoms with Crippen LogP contribution in [0.25, 0.3) is 11.0 Å². The van der Waals surface area contributed by atoms with Crippen LogP contribution >= 0.6 is 11.6 Å². The van der Waals surface area contributed by atoms with Crippen LogP contribution < -0.4 is 4.74 Å². The van der Waals surface area contributed by atoms with Crippen molar-refractivity contribution in [3.8, 4) is 5.75 Å². The molecule has 8 heteroatoms. The van der Waals surface area contributed by atoms with E-state index in [1.54, 1.807) is 12.4 Å². The molecule has 0 atom stereocenters. The van der Waals surface area contributed by atoms with Crippen molar-refractivity contribution in [1.82, 2.24) is 24.3 Å². The Balaban J connectivity index is 1.31. The molecule has 0 bridgehead atoms. The standard InChI is InChI=1S/C37H30ClN5O2/c38-31-21-32-33(22-34(31)45-25-27-13-5-1-6-14-27)42(36(24-44)40-32)23-35-39-26-43(41-35)37(28-15-7-2-8-16-28,29-17-9-3-10-18-29)30-19-11-4-12-20-30/h1-22,26,44H,23-25H2. The number of halogens is 1. The molecule has 0 aliphatic carbocycles. The third-order valence-electron chi connectivity index (χ3n) is 8.02. The Kier molecular flexibility index (Phi) is 7.86. The summed E-state index contributed by atoms with van der Waals surface area (Å²) in [6.45, 7) is 0.405. The van der Waals surface area contributed by atoms with Crippen LogP contribution in [0.2, 0.25) is 5.02 Å². The monoisotopic (exact) mass is 611 g/mol. The third kappa shape index (κ3) is 5.37.